The largest absolute Gasteiger partial charge is 0.351 e. The predicted octanol–water partition coefficient (Wildman–Crippen LogP) is 4.80. The summed E-state index contributed by atoms with van der Waals surface area (Å²) < 4.78 is 1.65. The lowest BCUT2D eigenvalue weighted by Crippen LogP contribution is -2.46. The molecule has 0 radical (unpaired) electrons. The molecule has 38 heavy (non-hydrogen) atoms. The first-order valence-electron chi connectivity index (χ1n) is 12.9. The zero-order chi connectivity index (χ0) is 26.6. The maximum Gasteiger partial charge on any atom is 0.317 e. The van der Waals surface area contributed by atoms with E-state index in [0.717, 1.165) is 29.4 Å². The van der Waals surface area contributed by atoms with Crippen molar-refractivity contribution in [3.05, 3.63) is 70.4 Å². The van der Waals surface area contributed by atoms with Gasteiger partial charge in [0.2, 0.25) is 5.95 Å². The number of hydrogen-bond donors (Lipinski definition) is 2. The van der Waals surface area contributed by atoms with Gasteiger partial charge in [-0.25, -0.2) is 9.78 Å². The number of anilines is 1. The summed E-state index contributed by atoms with van der Waals surface area (Å²) in [7, 11) is 0. The second kappa shape index (κ2) is 11.2. The number of aryl methyl sites for hydroxylation is 1. The summed E-state index contributed by atoms with van der Waals surface area (Å²) in [5.74, 6) is 0.474. The van der Waals surface area contributed by atoms with Gasteiger partial charge in [-0.3, -0.25) is 14.3 Å². The fourth-order valence-corrected chi connectivity index (χ4v) is 5.12. The van der Waals surface area contributed by atoms with Gasteiger partial charge in [0.25, 0.3) is 5.56 Å². The van der Waals surface area contributed by atoms with E-state index >= 15 is 0 Å². The Morgan fingerprint density at radius 2 is 1.89 bits per heavy atom. The Labute approximate surface area is 225 Å². The molecule has 196 valence electrons. The summed E-state index contributed by atoms with van der Waals surface area (Å²) in [4.78, 5) is 40.8. The van der Waals surface area contributed by atoms with Gasteiger partial charge in [0.05, 0.1) is 0 Å². The number of nitrogens with one attached hydrogen (secondary N) is 2. The molecular formula is C28H30ClN7O2. The van der Waals surface area contributed by atoms with Crippen molar-refractivity contribution >= 4 is 34.6 Å². The Morgan fingerprint density at radius 3 is 2.58 bits per heavy atom. The minimum Gasteiger partial charge on any atom is -0.351 e. The molecule has 4 heterocycles. The van der Waals surface area contributed by atoms with Gasteiger partial charge in [0.15, 0.2) is 0 Å². The monoisotopic (exact) mass is 531 g/mol. The number of rotatable bonds is 6. The lowest BCUT2D eigenvalue weighted by molar-refractivity contribution is 0.184. The predicted molar refractivity (Wildman–Crippen MR) is 150 cm³/mol. The van der Waals surface area contributed by atoms with Crippen molar-refractivity contribution in [1.29, 1.82) is 0 Å². The second-order valence-electron chi connectivity index (χ2n) is 9.26. The third kappa shape index (κ3) is 5.19. The Kier molecular flexibility index (Phi) is 7.55. The highest BCUT2D eigenvalue weighted by Gasteiger charge is 2.23. The molecule has 0 spiro atoms. The number of likely N-dealkylation sites (tertiary alicyclic amines) is 1. The summed E-state index contributed by atoms with van der Waals surface area (Å²) in [5, 5.41) is 7.48. The van der Waals surface area contributed by atoms with E-state index in [2.05, 4.69) is 20.6 Å². The van der Waals surface area contributed by atoms with Gasteiger partial charge in [0, 0.05) is 77.9 Å². The van der Waals surface area contributed by atoms with Crippen molar-refractivity contribution in [1.82, 2.24) is 29.7 Å². The third-order valence-corrected chi connectivity index (χ3v) is 7.15. The summed E-state index contributed by atoms with van der Waals surface area (Å²) in [6, 6.07) is 11.4. The van der Waals surface area contributed by atoms with E-state index in [-0.39, 0.29) is 17.6 Å². The minimum absolute atomic E-state index is 0.0255. The summed E-state index contributed by atoms with van der Waals surface area (Å²) in [5.41, 5.74) is 3.46. The summed E-state index contributed by atoms with van der Waals surface area (Å²) >= 11 is 6.68. The Morgan fingerprint density at radius 1 is 1.08 bits per heavy atom. The Hall–Kier alpha value is -3.98. The molecule has 4 aromatic rings. The molecule has 1 saturated heterocycles. The average molecular weight is 532 g/mol. The van der Waals surface area contributed by atoms with E-state index < -0.39 is 0 Å². The Balaban J connectivity index is 1.41. The number of carbonyl (C=O) groups is 1. The average Bonchev–Trinajstić information content (AvgIpc) is 2.94. The normalized spacial score (nSPS) is 14.0. The zero-order valence-corrected chi connectivity index (χ0v) is 22.2. The maximum atomic E-state index is 13.5. The molecule has 1 aliphatic heterocycles. The number of nitrogens with zero attached hydrogens (tertiary/aromatic N) is 5. The van der Waals surface area contributed by atoms with Crippen molar-refractivity contribution in [2.45, 2.75) is 39.3 Å². The van der Waals surface area contributed by atoms with Crippen LogP contribution in [0.3, 0.4) is 0 Å². The molecule has 0 bridgehead atoms. The van der Waals surface area contributed by atoms with Crippen molar-refractivity contribution in [2.24, 2.45) is 0 Å². The van der Waals surface area contributed by atoms with Crippen molar-refractivity contribution in [2.75, 3.05) is 25.0 Å². The van der Waals surface area contributed by atoms with Gasteiger partial charge in [-0.1, -0.05) is 29.8 Å². The number of piperidine rings is 1. The molecule has 0 unspecified atom stereocenters. The van der Waals surface area contributed by atoms with E-state index in [1.165, 1.54) is 0 Å². The van der Waals surface area contributed by atoms with Gasteiger partial charge in [-0.2, -0.15) is 4.98 Å². The van der Waals surface area contributed by atoms with E-state index in [1.54, 1.807) is 23.2 Å². The molecule has 9 nitrogen and oxygen atoms in total. The lowest BCUT2D eigenvalue weighted by atomic mass is 10.0. The van der Waals surface area contributed by atoms with Crippen LogP contribution in [-0.4, -0.2) is 56.1 Å². The highest BCUT2D eigenvalue weighted by atomic mass is 35.5. The molecule has 5 rings (SSSR count). The van der Waals surface area contributed by atoms with Crippen LogP contribution in [0.2, 0.25) is 5.02 Å². The Bertz CT molecular complexity index is 1520. The van der Waals surface area contributed by atoms with E-state index in [0.29, 0.717) is 53.9 Å². The number of carbonyl (C=O) groups excluding carboxylic acids is 1. The first kappa shape index (κ1) is 25.7. The van der Waals surface area contributed by atoms with Crippen LogP contribution in [-0.2, 0) is 6.54 Å². The van der Waals surface area contributed by atoms with Crippen LogP contribution in [0.4, 0.5) is 10.7 Å². The van der Waals surface area contributed by atoms with Gasteiger partial charge in [0.1, 0.15) is 5.65 Å². The van der Waals surface area contributed by atoms with Gasteiger partial charge < -0.3 is 15.5 Å². The molecule has 0 saturated carbocycles. The van der Waals surface area contributed by atoms with E-state index in [9.17, 15) is 9.59 Å². The quantitative estimate of drug-likeness (QED) is 0.370. The van der Waals surface area contributed by atoms with Crippen LogP contribution in [0, 0.1) is 0 Å². The molecule has 0 aliphatic carbocycles. The van der Waals surface area contributed by atoms with Crippen LogP contribution in [0.1, 0.15) is 26.7 Å². The van der Waals surface area contributed by atoms with Crippen LogP contribution in [0.15, 0.2) is 59.8 Å². The molecule has 2 amide bonds. The van der Waals surface area contributed by atoms with Crippen molar-refractivity contribution in [3.63, 3.8) is 0 Å². The van der Waals surface area contributed by atoms with Crippen LogP contribution in [0.5, 0.6) is 0 Å². The number of pyridine rings is 2. The number of halogens is 1. The number of hydrogen-bond acceptors (Lipinski definition) is 6. The fraction of sp³-hybridized carbons (Fsp3) is 0.321. The molecule has 10 heteroatoms. The molecule has 1 aromatic carbocycles. The summed E-state index contributed by atoms with van der Waals surface area (Å²) in [6.45, 7) is 6.24. The van der Waals surface area contributed by atoms with Gasteiger partial charge in [-0.15, -0.1) is 0 Å². The molecule has 0 atom stereocenters. The highest BCUT2D eigenvalue weighted by Crippen LogP contribution is 2.32. The lowest BCUT2D eigenvalue weighted by Gasteiger charge is -2.32. The van der Waals surface area contributed by atoms with Crippen LogP contribution in [0.25, 0.3) is 33.3 Å². The summed E-state index contributed by atoms with van der Waals surface area (Å²) in [6.07, 6.45) is 6.83. The van der Waals surface area contributed by atoms with Crippen LogP contribution < -0.4 is 16.2 Å². The standard InChI is InChI=1S/C28H30ClN7O2/c1-3-31-28(38)35-12-9-21(10-13-35)33-27-32-17-20-14-23(26(37)36(4-2)25(20)34-27)22-8-7-18(15-24(22)29)19-6-5-11-30-16-19/h5-8,11,14-17,21H,3-4,9-10,12-13H2,1-2H3,(H,31,38)(H,32,33,34). The number of benzene rings is 1. The first-order chi connectivity index (χ1) is 18.5. The van der Waals surface area contributed by atoms with Gasteiger partial charge in [-0.05, 0) is 50.5 Å². The molecular weight excluding hydrogens is 502 g/mol. The third-order valence-electron chi connectivity index (χ3n) is 6.84. The zero-order valence-electron chi connectivity index (χ0n) is 21.4. The van der Waals surface area contributed by atoms with Crippen molar-refractivity contribution in [3.8, 4) is 22.3 Å². The molecule has 1 fully saturated rings. The van der Waals surface area contributed by atoms with Crippen molar-refractivity contribution < 1.29 is 4.79 Å². The second-order valence-corrected chi connectivity index (χ2v) is 9.66. The number of aromatic nitrogens is 4. The minimum atomic E-state index is -0.157. The van der Waals surface area contributed by atoms with E-state index in [1.807, 2.05) is 55.1 Å². The number of urea groups is 1. The molecule has 2 N–H and O–H groups in total. The maximum absolute atomic E-state index is 13.5. The topological polar surface area (TPSA) is 105 Å². The van der Waals surface area contributed by atoms with Gasteiger partial charge >= 0.3 is 6.03 Å². The fourth-order valence-electron chi connectivity index (χ4n) is 4.83. The highest BCUT2D eigenvalue weighted by molar-refractivity contribution is 6.33. The number of amides is 2. The van der Waals surface area contributed by atoms with E-state index in [4.69, 9.17) is 16.6 Å². The molecule has 1 aliphatic rings. The smallest absolute Gasteiger partial charge is 0.317 e. The number of fused-ring (bicyclic) bond motifs is 1. The SMILES string of the molecule is CCNC(=O)N1CCC(Nc2ncc3cc(-c4ccc(-c5cccnc5)cc4Cl)c(=O)n(CC)c3n2)CC1. The van der Waals surface area contributed by atoms with Crippen LogP contribution >= 0.6 is 11.6 Å². The first-order valence-corrected chi connectivity index (χ1v) is 13.3. The molecule has 3 aromatic heterocycles.